The minimum atomic E-state index is -0.864. The van der Waals surface area contributed by atoms with Crippen LogP contribution in [-0.2, 0) is 14.4 Å². The van der Waals surface area contributed by atoms with Gasteiger partial charge in [0.15, 0.2) is 0 Å². The van der Waals surface area contributed by atoms with Gasteiger partial charge >= 0.3 is 5.97 Å². The largest absolute Gasteiger partial charge is 0.481 e. The summed E-state index contributed by atoms with van der Waals surface area (Å²) in [5.74, 6) is -1.14. The number of hydrogen-bond donors (Lipinski definition) is 3. The van der Waals surface area contributed by atoms with E-state index in [1.807, 2.05) is 13.8 Å². The van der Waals surface area contributed by atoms with Crippen LogP contribution in [0, 0.1) is 11.8 Å². The lowest BCUT2D eigenvalue weighted by Gasteiger charge is -2.17. The van der Waals surface area contributed by atoms with Crippen molar-refractivity contribution in [2.45, 2.75) is 33.6 Å². The van der Waals surface area contributed by atoms with E-state index in [-0.39, 0.29) is 30.7 Å². The normalized spacial score (nSPS) is 12.0. The van der Waals surface area contributed by atoms with Crippen LogP contribution in [0.25, 0.3) is 0 Å². The second kappa shape index (κ2) is 8.49. The molecule has 104 valence electrons. The molecule has 0 aromatic rings. The first kappa shape index (κ1) is 16.4. The first-order valence-corrected chi connectivity index (χ1v) is 6.04. The number of amides is 2. The van der Waals surface area contributed by atoms with Gasteiger partial charge in [-0.2, -0.15) is 0 Å². The van der Waals surface area contributed by atoms with Gasteiger partial charge in [-0.1, -0.05) is 13.8 Å². The van der Waals surface area contributed by atoms with Crippen molar-refractivity contribution in [2.75, 3.05) is 13.1 Å². The molecule has 6 nitrogen and oxygen atoms in total. The molecule has 0 bridgehead atoms. The maximum Gasteiger partial charge on any atom is 0.303 e. The molecule has 0 aromatic carbocycles. The zero-order valence-corrected chi connectivity index (χ0v) is 11.2. The van der Waals surface area contributed by atoms with E-state index in [4.69, 9.17) is 5.11 Å². The number of rotatable bonds is 8. The van der Waals surface area contributed by atoms with Crippen LogP contribution in [0.4, 0.5) is 0 Å². The van der Waals surface area contributed by atoms with E-state index in [0.29, 0.717) is 12.5 Å². The Balaban J connectivity index is 4.04. The molecule has 0 heterocycles. The third-order valence-electron chi connectivity index (χ3n) is 2.35. The van der Waals surface area contributed by atoms with Crippen molar-refractivity contribution in [3.05, 3.63) is 0 Å². The summed E-state index contributed by atoms with van der Waals surface area (Å²) in [7, 11) is 0. The summed E-state index contributed by atoms with van der Waals surface area (Å²) in [6, 6.07) is 0. The lowest BCUT2D eigenvalue weighted by molar-refractivity contribution is -0.138. The fourth-order valence-electron chi connectivity index (χ4n) is 1.68. The maximum atomic E-state index is 11.4. The van der Waals surface area contributed by atoms with Crippen molar-refractivity contribution < 1.29 is 19.5 Å². The third kappa shape index (κ3) is 9.62. The van der Waals surface area contributed by atoms with Crippen molar-refractivity contribution in [2.24, 2.45) is 11.8 Å². The highest BCUT2D eigenvalue weighted by Crippen LogP contribution is 2.14. The van der Waals surface area contributed by atoms with Gasteiger partial charge in [0, 0.05) is 19.9 Å². The Kier molecular flexibility index (Phi) is 7.74. The van der Waals surface area contributed by atoms with Crippen molar-refractivity contribution in [3.8, 4) is 0 Å². The highest BCUT2D eigenvalue weighted by molar-refractivity contribution is 5.83. The number of carboxylic acid groups (broad SMARTS) is 1. The minimum Gasteiger partial charge on any atom is -0.481 e. The van der Waals surface area contributed by atoms with Gasteiger partial charge < -0.3 is 15.7 Å². The summed E-state index contributed by atoms with van der Waals surface area (Å²) in [5, 5.41) is 13.8. The highest BCUT2D eigenvalue weighted by Gasteiger charge is 2.16. The first-order valence-electron chi connectivity index (χ1n) is 6.04. The molecule has 0 aliphatic carbocycles. The predicted octanol–water partition coefficient (Wildman–Crippen LogP) is 0.376. The average molecular weight is 258 g/mol. The number of carbonyl (C=O) groups excluding carboxylic acids is 2. The highest BCUT2D eigenvalue weighted by atomic mass is 16.4. The molecule has 0 radical (unpaired) electrons. The van der Waals surface area contributed by atoms with E-state index in [9.17, 15) is 14.4 Å². The number of aliphatic carboxylic acids is 1. The fraction of sp³-hybridized carbons (Fsp3) is 0.750. The van der Waals surface area contributed by atoms with Crippen molar-refractivity contribution in [1.29, 1.82) is 0 Å². The van der Waals surface area contributed by atoms with E-state index in [2.05, 4.69) is 10.6 Å². The molecule has 18 heavy (non-hydrogen) atoms. The molecule has 0 rings (SSSR count). The van der Waals surface area contributed by atoms with Crippen LogP contribution in [0.2, 0.25) is 0 Å². The molecule has 0 spiro atoms. The van der Waals surface area contributed by atoms with Gasteiger partial charge in [0.25, 0.3) is 0 Å². The van der Waals surface area contributed by atoms with E-state index in [1.54, 1.807) is 0 Å². The molecule has 0 fully saturated rings. The minimum absolute atomic E-state index is 0.0403. The van der Waals surface area contributed by atoms with Crippen molar-refractivity contribution >= 4 is 17.8 Å². The number of carbonyl (C=O) groups is 3. The summed E-state index contributed by atoms with van der Waals surface area (Å²) in [6.45, 7) is 5.60. The molecule has 6 heteroatoms. The van der Waals surface area contributed by atoms with Gasteiger partial charge in [-0.15, -0.1) is 0 Å². The summed E-state index contributed by atoms with van der Waals surface area (Å²) >= 11 is 0. The third-order valence-corrected chi connectivity index (χ3v) is 2.35. The van der Waals surface area contributed by atoms with Gasteiger partial charge in [-0.05, 0) is 18.3 Å². The molecule has 2 amide bonds. The fourth-order valence-corrected chi connectivity index (χ4v) is 1.68. The van der Waals surface area contributed by atoms with Crippen molar-refractivity contribution in [1.82, 2.24) is 10.6 Å². The molecule has 0 aromatic heterocycles. The second-order valence-electron chi connectivity index (χ2n) is 4.81. The molecule has 0 saturated heterocycles. The van der Waals surface area contributed by atoms with Gasteiger partial charge in [0.2, 0.25) is 11.8 Å². The summed E-state index contributed by atoms with van der Waals surface area (Å²) in [6.07, 6.45) is 0.783. The Hall–Kier alpha value is -1.59. The molecule has 1 unspecified atom stereocenters. The summed E-state index contributed by atoms with van der Waals surface area (Å²) in [5.41, 5.74) is 0. The topological polar surface area (TPSA) is 95.5 Å². The summed E-state index contributed by atoms with van der Waals surface area (Å²) < 4.78 is 0. The Morgan fingerprint density at radius 1 is 1.17 bits per heavy atom. The number of nitrogens with one attached hydrogen (secondary N) is 2. The Bertz CT molecular complexity index is 302. The Labute approximate surface area is 107 Å². The zero-order chi connectivity index (χ0) is 14.1. The molecule has 0 aliphatic rings. The monoisotopic (exact) mass is 258 g/mol. The SMILES string of the molecule is CC(=O)NCC(=O)NCC(CC(=O)O)CC(C)C. The lowest BCUT2D eigenvalue weighted by atomic mass is 9.94. The quantitative estimate of drug-likeness (QED) is 0.586. The van der Waals surface area contributed by atoms with Gasteiger partial charge in [0.1, 0.15) is 0 Å². The van der Waals surface area contributed by atoms with E-state index in [0.717, 1.165) is 6.42 Å². The maximum absolute atomic E-state index is 11.4. The van der Waals surface area contributed by atoms with Crippen LogP contribution in [0.1, 0.15) is 33.6 Å². The lowest BCUT2D eigenvalue weighted by Crippen LogP contribution is -2.38. The van der Waals surface area contributed by atoms with Crippen LogP contribution in [0.3, 0.4) is 0 Å². The van der Waals surface area contributed by atoms with Crippen LogP contribution in [-0.4, -0.2) is 36.0 Å². The average Bonchev–Trinajstić information content (AvgIpc) is 2.21. The Morgan fingerprint density at radius 2 is 1.78 bits per heavy atom. The van der Waals surface area contributed by atoms with Crippen LogP contribution in [0.15, 0.2) is 0 Å². The molecular formula is C12H22N2O4. The smallest absolute Gasteiger partial charge is 0.303 e. The van der Waals surface area contributed by atoms with Crippen LogP contribution >= 0.6 is 0 Å². The first-order chi connectivity index (χ1) is 8.31. The predicted molar refractivity (Wildman–Crippen MR) is 66.9 cm³/mol. The molecule has 0 saturated carbocycles. The molecule has 1 atom stereocenters. The standard InChI is InChI=1S/C12H22N2O4/c1-8(2)4-10(5-12(17)18)6-14-11(16)7-13-9(3)15/h8,10H,4-7H2,1-3H3,(H,13,15)(H,14,16)(H,17,18). The Morgan fingerprint density at radius 3 is 2.22 bits per heavy atom. The molecule has 3 N–H and O–H groups in total. The number of carboxylic acids is 1. The zero-order valence-electron chi connectivity index (χ0n) is 11.2. The van der Waals surface area contributed by atoms with E-state index >= 15 is 0 Å². The van der Waals surface area contributed by atoms with Gasteiger partial charge in [-0.3, -0.25) is 14.4 Å². The second-order valence-corrected chi connectivity index (χ2v) is 4.81. The number of hydrogen-bond acceptors (Lipinski definition) is 3. The van der Waals surface area contributed by atoms with E-state index in [1.165, 1.54) is 6.92 Å². The van der Waals surface area contributed by atoms with Gasteiger partial charge in [-0.25, -0.2) is 0 Å². The van der Waals surface area contributed by atoms with Crippen molar-refractivity contribution in [3.63, 3.8) is 0 Å². The van der Waals surface area contributed by atoms with Crippen LogP contribution in [0.5, 0.6) is 0 Å². The van der Waals surface area contributed by atoms with E-state index < -0.39 is 5.97 Å². The molecular weight excluding hydrogens is 236 g/mol. The van der Waals surface area contributed by atoms with Crippen LogP contribution < -0.4 is 10.6 Å². The van der Waals surface area contributed by atoms with Gasteiger partial charge in [0.05, 0.1) is 6.54 Å². The summed E-state index contributed by atoms with van der Waals surface area (Å²) in [4.78, 5) is 32.6. The molecule has 0 aliphatic heterocycles.